The zero-order valence-electron chi connectivity index (χ0n) is 77.2. The van der Waals surface area contributed by atoms with Crippen molar-refractivity contribution in [1.29, 1.82) is 0 Å². The van der Waals surface area contributed by atoms with Crippen molar-refractivity contribution in [2.75, 3.05) is 79.2 Å². The van der Waals surface area contributed by atoms with Crippen molar-refractivity contribution < 1.29 is 120 Å². The standard InChI is InChI=1S/C96H117F3N16O22S/c1-8-9-24-74-95(134)115-49-62(118)45-76(115)90(129)107-70(46-81(121)122)88(127)110-83(53(2)3)96(135)112(5)75(42-54-18-12-10-13-19-54)89(128)108-72(40-57-27-31-61(117)32-28-57)93(132)114-34-36-137-50-78(114)91(130)106-69(44-59-47-101-66-23-17-16-22-63(59)66)87(126)105-68(39-56-25-29-60(116)30-26-56)86(125)104-67(33-35-136-7)85(124)109-73(84(123)102-48-79(100)119)51-138-52-80(120)103-71(41-58-37-64(97)82(99)65(98)38-58)92(131)113(6)77(94(133)111(74)4)43-55-20-14-11-15-21-55/h10-23,25-32,37-38,47,53,62,67-78,83,101,116-118H,8-9,24,33-36,39-46,48-52H2,1-7H3,(H2,100,119)(H,102,123)(H,103,120)(H,104,125)(H,105,126)(H,106,130)(H,107,129)(H,108,128)(H,109,124)(H,110,127)(H,121,122)/t62-,67+,68+,69+,70+,71+,72+,73?,74+,75+,76-,77+,78-,83+/m1/s1. The number of para-hydroxylation sites is 1. The number of unbranched alkanes of at least 4 members (excludes halogenated alkanes) is 1. The van der Waals surface area contributed by atoms with Crippen LogP contribution in [0.3, 0.4) is 0 Å². The highest BCUT2D eigenvalue weighted by atomic mass is 32.2. The number of carboxylic acids is 1. The number of amides is 15. The number of halogens is 3. The fraction of sp³-hybridized carbons (Fsp3) is 0.438. The van der Waals surface area contributed by atoms with Crippen LogP contribution in [0, 0.1) is 23.4 Å². The molecule has 3 aliphatic rings. The topological polar surface area (TPSA) is 539 Å². The van der Waals surface area contributed by atoms with Gasteiger partial charge in [0.1, 0.15) is 90.0 Å². The molecule has 0 spiro atoms. The van der Waals surface area contributed by atoms with Crippen molar-refractivity contribution in [2.24, 2.45) is 11.7 Å². The number of carbonyl (C=O) groups excluding carboxylic acids is 15. The van der Waals surface area contributed by atoms with Crippen LogP contribution in [-0.2, 0) is 125 Å². The van der Waals surface area contributed by atoms with E-state index in [0.717, 1.165) is 31.5 Å². The lowest BCUT2D eigenvalue weighted by Gasteiger charge is -2.38. The first-order valence-corrected chi connectivity index (χ1v) is 46.2. The maximum atomic E-state index is 15.9. The second-order valence-electron chi connectivity index (χ2n) is 34.6. The third-order valence-electron chi connectivity index (χ3n) is 24.2. The third kappa shape index (κ3) is 29.0. The number of nitrogens with one attached hydrogen (secondary N) is 10. The average molecular weight is 1940 g/mol. The van der Waals surface area contributed by atoms with Gasteiger partial charge in [0, 0.05) is 116 Å². The van der Waals surface area contributed by atoms with Gasteiger partial charge in [0.15, 0.2) is 17.5 Å². The first-order chi connectivity index (χ1) is 65.8. The molecular formula is C96H117F3N16O22S. The molecule has 42 heteroatoms. The number of nitrogens with two attached hydrogens (primary N) is 1. The largest absolute Gasteiger partial charge is 0.508 e. The fourth-order valence-corrected chi connectivity index (χ4v) is 17.4. The Bertz CT molecular complexity index is 5490. The molecule has 10 rings (SSSR count). The number of H-pyrrole nitrogens is 1. The van der Waals surface area contributed by atoms with Gasteiger partial charge in [0.25, 0.3) is 0 Å². The highest BCUT2D eigenvalue weighted by Gasteiger charge is 2.48. The van der Waals surface area contributed by atoms with E-state index in [1.807, 2.05) is 0 Å². The Labute approximate surface area is 797 Å². The molecule has 1 unspecified atom stereocenters. The van der Waals surface area contributed by atoms with E-state index in [9.17, 15) is 58.4 Å². The Morgan fingerprint density at radius 2 is 1.06 bits per heavy atom. The number of morpholine rings is 1. The van der Waals surface area contributed by atoms with Gasteiger partial charge in [-0.2, -0.15) is 0 Å². The van der Waals surface area contributed by atoms with Crippen LogP contribution in [0.4, 0.5) is 13.2 Å². The molecule has 38 nitrogen and oxygen atoms in total. The minimum Gasteiger partial charge on any atom is -0.508 e. The van der Waals surface area contributed by atoms with E-state index in [0.29, 0.717) is 69.0 Å². The molecule has 6 aromatic carbocycles. The summed E-state index contributed by atoms with van der Waals surface area (Å²) >= 11 is 0.635. The van der Waals surface area contributed by atoms with E-state index in [2.05, 4.69) is 52.8 Å². The molecular weight excluding hydrogens is 1820 g/mol. The molecule has 0 aliphatic carbocycles. The molecule has 1 aromatic heterocycles. The number of aliphatic hydroxyl groups is 1. The number of carboxylic acid groups (broad SMARTS) is 1. The second-order valence-corrected chi connectivity index (χ2v) is 35.6. The van der Waals surface area contributed by atoms with Crippen LogP contribution in [0.25, 0.3) is 10.9 Å². The number of phenols is 2. The SMILES string of the molecule is CCCC[C@H]1C(=O)N2C[C@H](O)C[C@@H]2C(=O)N[C@@H](CC(=O)O)C(=O)N[C@@H](C(C)C)C(=O)N(C)[C@@H](Cc2ccccc2)C(=O)N[C@@H](Cc2ccc(O)cc2)C(=O)N2CCOC[C@@H]2C(=O)N[C@@H](Cc2c[nH]c3ccccc23)C(=O)N[C@@H](Cc2ccc(O)cc2)C(=O)N[C@@H](CCOC)C(=O)NC(C(=O)NCC(N)=O)CSCC(=O)N[C@@H](Cc2cc(F)c(F)c(F)c2)C(=O)N(C)[C@@H](Cc2ccccc2)C(=O)N1C. The molecule has 138 heavy (non-hydrogen) atoms. The van der Waals surface area contributed by atoms with E-state index < -0.39 is 265 Å². The number of likely N-dealkylation sites (N-methyl/N-ethyl adjacent to an activating group) is 3. The Morgan fingerprint density at radius 3 is 1.66 bits per heavy atom. The van der Waals surface area contributed by atoms with Crippen LogP contribution in [0.2, 0.25) is 0 Å². The molecule has 3 aliphatic heterocycles. The molecule has 16 N–H and O–H groups in total. The van der Waals surface area contributed by atoms with Crippen LogP contribution in [0.1, 0.15) is 92.7 Å². The number of aromatic amines is 1. The number of aromatic nitrogens is 1. The van der Waals surface area contributed by atoms with Crippen molar-refractivity contribution in [3.05, 3.63) is 203 Å². The first-order valence-electron chi connectivity index (χ1n) is 45.1. The van der Waals surface area contributed by atoms with Crippen molar-refractivity contribution in [3.63, 3.8) is 0 Å². The molecule has 0 radical (unpaired) electrons. The molecule has 0 saturated carbocycles. The number of aliphatic carboxylic acids is 1. The number of ether oxygens (including phenoxy) is 2. The normalized spacial score (nSPS) is 23.7. The van der Waals surface area contributed by atoms with E-state index >= 15 is 51.9 Å². The summed E-state index contributed by atoms with van der Waals surface area (Å²) in [5, 5.41) is 66.7. The smallest absolute Gasteiger partial charge is 0.305 e. The second kappa shape index (κ2) is 50.2. The van der Waals surface area contributed by atoms with Gasteiger partial charge in [-0.1, -0.05) is 137 Å². The Kier molecular flexibility index (Phi) is 38.6. The number of primary amides is 1. The minimum atomic E-state index is -2.05. The molecule has 4 heterocycles. The van der Waals surface area contributed by atoms with E-state index in [1.54, 1.807) is 98.0 Å². The number of hydrogen-bond donors (Lipinski definition) is 15. The minimum absolute atomic E-state index is 0.141. The molecule has 14 atom stereocenters. The summed E-state index contributed by atoms with van der Waals surface area (Å²) in [4.78, 5) is 247. The number of nitrogens with zero attached hydrogens (tertiary/aromatic N) is 5. The van der Waals surface area contributed by atoms with Crippen molar-refractivity contribution in [2.45, 2.75) is 182 Å². The number of fused-ring (bicyclic) bond motifs is 3. The van der Waals surface area contributed by atoms with Gasteiger partial charge in [-0.15, -0.1) is 11.8 Å². The van der Waals surface area contributed by atoms with Crippen LogP contribution < -0.4 is 53.6 Å². The van der Waals surface area contributed by atoms with E-state index in [4.69, 9.17) is 15.2 Å². The summed E-state index contributed by atoms with van der Waals surface area (Å²) in [6.45, 7) is 2.16. The van der Waals surface area contributed by atoms with Gasteiger partial charge in [0.05, 0.1) is 38.0 Å². The Hall–Kier alpha value is -14.0. The Morgan fingerprint density at radius 1 is 0.543 bits per heavy atom. The van der Waals surface area contributed by atoms with Gasteiger partial charge >= 0.3 is 5.97 Å². The third-order valence-corrected chi connectivity index (χ3v) is 25.2. The number of methoxy groups -OCH3 is 1. The van der Waals surface area contributed by atoms with Gasteiger partial charge in [-0.05, 0) is 94.6 Å². The number of aliphatic hydroxyl groups excluding tert-OH is 1. The van der Waals surface area contributed by atoms with Crippen molar-refractivity contribution in [3.8, 4) is 11.5 Å². The van der Waals surface area contributed by atoms with Gasteiger partial charge < -0.3 is 113 Å². The monoisotopic (exact) mass is 1930 g/mol. The summed E-state index contributed by atoms with van der Waals surface area (Å²) < 4.78 is 56.4. The number of aromatic hydroxyl groups is 2. The Balaban J connectivity index is 1.07. The summed E-state index contributed by atoms with van der Waals surface area (Å²) in [5.41, 5.74) is 7.68. The van der Waals surface area contributed by atoms with Gasteiger partial charge in [-0.3, -0.25) is 76.7 Å². The van der Waals surface area contributed by atoms with Crippen LogP contribution in [0.5, 0.6) is 11.5 Å². The molecule has 3 saturated heterocycles. The summed E-state index contributed by atoms with van der Waals surface area (Å²) in [7, 11) is 4.90. The van der Waals surface area contributed by atoms with Crippen molar-refractivity contribution >= 4 is 117 Å². The first kappa shape index (κ1) is 106. The number of benzene rings is 6. The summed E-state index contributed by atoms with van der Waals surface area (Å²) in [5.74, 6) is -25.1. The number of thioether (sulfide) groups is 1. The quantitative estimate of drug-likeness (QED) is 0.0375. The molecule has 740 valence electrons. The number of carbonyl (C=O) groups is 16. The van der Waals surface area contributed by atoms with Crippen molar-refractivity contribution in [1.82, 2.24) is 77.3 Å². The molecule has 0 bridgehead atoms. The molecule has 15 amide bonds. The molecule has 3 fully saturated rings. The van der Waals surface area contributed by atoms with Crippen LogP contribution >= 0.6 is 11.8 Å². The number of phenolic OH excluding ortho intramolecular Hbond substituents is 2. The maximum absolute atomic E-state index is 15.9. The van der Waals surface area contributed by atoms with Crippen LogP contribution in [0.15, 0.2) is 152 Å². The van der Waals surface area contributed by atoms with Gasteiger partial charge in [0.2, 0.25) is 88.6 Å². The predicted molar refractivity (Wildman–Crippen MR) is 496 cm³/mol. The molecule has 7 aromatic rings. The summed E-state index contributed by atoms with van der Waals surface area (Å²) in [6, 6.07) is 13.3. The lowest BCUT2D eigenvalue weighted by Crippen LogP contribution is -2.64. The van der Waals surface area contributed by atoms with E-state index in [-0.39, 0.29) is 76.2 Å². The number of rotatable bonds is 24. The average Bonchev–Trinajstić information content (AvgIpc) is 1.47. The lowest BCUT2D eigenvalue weighted by atomic mass is 9.98. The lowest BCUT2D eigenvalue weighted by molar-refractivity contribution is -0.152. The highest BCUT2D eigenvalue weighted by molar-refractivity contribution is 8.00. The predicted octanol–water partition coefficient (Wildman–Crippen LogP) is 1.01. The maximum Gasteiger partial charge on any atom is 0.305 e. The zero-order valence-corrected chi connectivity index (χ0v) is 78.0. The number of hydrogen-bond acceptors (Lipinski definition) is 22. The van der Waals surface area contributed by atoms with E-state index in [1.165, 1.54) is 83.6 Å². The fourth-order valence-electron chi connectivity index (χ4n) is 16.6. The summed E-state index contributed by atoms with van der Waals surface area (Å²) in [6.07, 6.45) is -3.90. The zero-order chi connectivity index (χ0) is 100. The van der Waals surface area contributed by atoms with Crippen LogP contribution in [-0.4, -0.2) is 308 Å². The highest BCUT2D eigenvalue weighted by Crippen LogP contribution is 2.29. The van der Waals surface area contributed by atoms with Gasteiger partial charge in [-0.25, -0.2) is 13.2 Å².